The molecule has 1 aliphatic carbocycles. The molecule has 0 aromatic heterocycles. The van der Waals surface area contributed by atoms with E-state index in [4.69, 9.17) is 0 Å². The van der Waals surface area contributed by atoms with Gasteiger partial charge >= 0.3 is 0 Å². The Morgan fingerprint density at radius 1 is 1.30 bits per heavy atom. The lowest BCUT2D eigenvalue weighted by molar-refractivity contribution is -0.385. The topological polar surface area (TPSA) is 75.4 Å². The van der Waals surface area contributed by atoms with Crippen molar-refractivity contribution in [2.45, 2.75) is 25.7 Å². The van der Waals surface area contributed by atoms with Crippen LogP contribution in [0, 0.1) is 27.8 Å². The van der Waals surface area contributed by atoms with Crippen LogP contribution in [0.15, 0.2) is 18.2 Å². The van der Waals surface area contributed by atoms with Crippen LogP contribution in [0.4, 0.5) is 15.8 Å². The molecule has 0 bridgehead atoms. The molecule has 0 saturated heterocycles. The molecule has 2 unspecified atom stereocenters. The van der Waals surface area contributed by atoms with E-state index in [9.17, 15) is 19.6 Å². The van der Waals surface area contributed by atoms with E-state index in [0.717, 1.165) is 31.7 Å². The van der Waals surface area contributed by atoms with Crippen LogP contribution >= 0.6 is 0 Å². The summed E-state index contributed by atoms with van der Waals surface area (Å²) >= 11 is 0. The van der Waals surface area contributed by atoms with Crippen LogP contribution in [-0.2, 0) is 0 Å². The third-order valence-electron chi connectivity index (χ3n) is 3.96. The summed E-state index contributed by atoms with van der Waals surface area (Å²) in [6.07, 6.45) is 4.29. The Kier molecular flexibility index (Phi) is 4.89. The molecule has 1 aromatic carbocycles. The average molecular weight is 282 g/mol. The van der Waals surface area contributed by atoms with E-state index in [1.807, 2.05) is 0 Å². The first kappa shape index (κ1) is 14.7. The van der Waals surface area contributed by atoms with E-state index in [2.05, 4.69) is 5.32 Å². The zero-order chi connectivity index (χ0) is 14.5. The molecule has 0 aliphatic heterocycles. The summed E-state index contributed by atoms with van der Waals surface area (Å²) < 4.78 is 13.3. The summed E-state index contributed by atoms with van der Waals surface area (Å²) in [5, 5.41) is 23.1. The number of nitro groups is 1. The quantitative estimate of drug-likeness (QED) is 0.643. The van der Waals surface area contributed by atoms with Gasteiger partial charge in [0.05, 0.1) is 11.0 Å². The van der Waals surface area contributed by atoms with Gasteiger partial charge in [-0.25, -0.2) is 4.39 Å². The minimum absolute atomic E-state index is 0.162. The molecule has 0 amide bonds. The van der Waals surface area contributed by atoms with Gasteiger partial charge in [0.25, 0.3) is 5.69 Å². The normalized spacial score (nSPS) is 22.5. The molecule has 6 heteroatoms. The third-order valence-corrected chi connectivity index (χ3v) is 3.96. The molecular weight excluding hydrogens is 263 g/mol. The van der Waals surface area contributed by atoms with Crippen LogP contribution in [0.1, 0.15) is 25.7 Å². The molecule has 1 fully saturated rings. The average Bonchev–Trinajstić information content (AvgIpc) is 2.44. The lowest BCUT2D eigenvalue weighted by atomic mass is 9.79. The molecule has 0 heterocycles. The van der Waals surface area contributed by atoms with Crippen molar-refractivity contribution in [2.24, 2.45) is 11.8 Å². The van der Waals surface area contributed by atoms with Gasteiger partial charge in [0, 0.05) is 24.9 Å². The van der Waals surface area contributed by atoms with E-state index >= 15 is 0 Å². The minimum Gasteiger partial charge on any atom is -0.396 e. The lowest BCUT2D eigenvalue weighted by Crippen LogP contribution is -2.28. The van der Waals surface area contributed by atoms with Crippen molar-refractivity contribution in [3.63, 3.8) is 0 Å². The monoisotopic (exact) mass is 282 g/mol. The highest BCUT2D eigenvalue weighted by atomic mass is 19.1. The van der Waals surface area contributed by atoms with Gasteiger partial charge in [-0.1, -0.05) is 12.8 Å². The van der Waals surface area contributed by atoms with Crippen LogP contribution in [0.3, 0.4) is 0 Å². The van der Waals surface area contributed by atoms with Crippen molar-refractivity contribution in [1.82, 2.24) is 0 Å². The fraction of sp³-hybridized carbons (Fsp3) is 0.571. The summed E-state index contributed by atoms with van der Waals surface area (Å²) in [6, 6.07) is 3.49. The molecule has 2 atom stereocenters. The van der Waals surface area contributed by atoms with Gasteiger partial charge in [0.2, 0.25) is 0 Å². The third kappa shape index (κ3) is 3.66. The Bertz CT molecular complexity index is 481. The summed E-state index contributed by atoms with van der Waals surface area (Å²) in [5.74, 6) is -0.0279. The Morgan fingerprint density at radius 2 is 2.00 bits per heavy atom. The second kappa shape index (κ2) is 6.65. The maximum atomic E-state index is 13.3. The molecular formula is C14H19FN2O3. The number of anilines is 1. The zero-order valence-corrected chi connectivity index (χ0v) is 11.2. The van der Waals surface area contributed by atoms with Gasteiger partial charge in [-0.15, -0.1) is 0 Å². The van der Waals surface area contributed by atoms with Gasteiger partial charge in [-0.3, -0.25) is 10.1 Å². The number of hydrogen-bond acceptors (Lipinski definition) is 4. The van der Waals surface area contributed by atoms with E-state index in [1.165, 1.54) is 12.1 Å². The molecule has 1 aliphatic rings. The zero-order valence-electron chi connectivity index (χ0n) is 11.2. The van der Waals surface area contributed by atoms with E-state index in [-0.39, 0.29) is 18.2 Å². The lowest BCUT2D eigenvalue weighted by Gasteiger charge is -2.30. The van der Waals surface area contributed by atoms with Gasteiger partial charge in [-0.2, -0.15) is 0 Å². The SMILES string of the molecule is O=[N+]([O-])c1cc(F)cc(NCC2CCCCC2CO)c1. The Balaban J connectivity index is 2.01. The second-order valence-electron chi connectivity index (χ2n) is 5.32. The van der Waals surface area contributed by atoms with Crippen molar-refractivity contribution in [3.8, 4) is 0 Å². The molecule has 110 valence electrons. The van der Waals surface area contributed by atoms with Crippen LogP contribution in [0.5, 0.6) is 0 Å². The van der Waals surface area contributed by atoms with Crippen molar-refractivity contribution >= 4 is 11.4 Å². The van der Waals surface area contributed by atoms with Crippen molar-refractivity contribution in [3.05, 3.63) is 34.1 Å². The number of non-ortho nitro benzene ring substituents is 1. The largest absolute Gasteiger partial charge is 0.396 e. The molecule has 0 radical (unpaired) electrons. The van der Waals surface area contributed by atoms with Gasteiger partial charge in [0.15, 0.2) is 0 Å². The predicted octanol–water partition coefficient (Wildman–Crippen LogP) is 2.94. The van der Waals surface area contributed by atoms with Gasteiger partial charge < -0.3 is 10.4 Å². The number of hydrogen-bond donors (Lipinski definition) is 2. The molecule has 5 nitrogen and oxygen atoms in total. The minimum atomic E-state index is -0.621. The molecule has 0 spiro atoms. The molecule has 2 N–H and O–H groups in total. The highest BCUT2D eigenvalue weighted by molar-refractivity contribution is 5.51. The molecule has 20 heavy (non-hydrogen) atoms. The van der Waals surface area contributed by atoms with Crippen molar-refractivity contribution in [1.29, 1.82) is 0 Å². The number of aliphatic hydroxyl groups excluding tert-OH is 1. The highest BCUT2D eigenvalue weighted by Gasteiger charge is 2.24. The summed E-state index contributed by atoms with van der Waals surface area (Å²) in [5.41, 5.74) is 0.161. The maximum Gasteiger partial charge on any atom is 0.274 e. The number of benzene rings is 1. The van der Waals surface area contributed by atoms with E-state index in [1.54, 1.807) is 0 Å². The first-order valence-corrected chi connectivity index (χ1v) is 6.90. The number of rotatable bonds is 5. The van der Waals surface area contributed by atoms with Crippen LogP contribution in [-0.4, -0.2) is 23.2 Å². The first-order chi connectivity index (χ1) is 9.60. The van der Waals surface area contributed by atoms with Crippen molar-refractivity contribution in [2.75, 3.05) is 18.5 Å². The number of nitrogens with one attached hydrogen (secondary N) is 1. The summed E-state index contributed by atoms with van der Waals surface area (Å²) in [7, 11) is 0. The Morgan fingerprint density at radius 3 is 2.65 bits per heavy atom. The Hall–Kier alpha value is -1.69. The summed E-state index contributed by atoms with van der Waals surface area (Å²) in [4.78, 5) is 10.1. The first-order valence-electron chi connectivity index (χ1n) is 6.90. The van der Waals surface area contributed by atoms with Crippen LogP contribution in [0.25, 0.3) is 0 Å². The van der Waals surface area contributed by atoms with Gasteiger partial charge in [0.1, 0.15) is 5.82 Å². The molecule has 1 saturated carbocycles. The maximum absolute atomic E-state index is 13.3. The summed E-state index contributed by atoms with van der Waals surface area (Å²) in [6.45, 7) is 0.765. The number of halogens is 1. The second-order valence-corrected chi connectivity index (χ2v) is 5.32. The van der Waals surface area contributed by atoms with E-state index < -0.39 is 10.7 Å². The molecule has 2 rings (SSSR count). The predicted molar refractivity (Wildman–Crippen MR) is 74.1 cm³/mol. The van der Waals surface area contributed by atoms with Crippen LogP contribution < -0.4 is 5.32 Å². The van der Waals surface area contributed by atoms with E-state index in [0.29, 0.717) is 18.2 Å². The van der Waals surface area contributed by atoms with Gasteiger partial charge in [-0.05, 0) is 30.7 Å². The standard InChI is InChI=1S/C14H19FN2O3/c15-12-5-13(7-14(6-12)17(19)20)16-8-10-3-1-2-4-11(10)9-18/h5-7,10-11,16,18H,1-4,8-9H2. The fourth-order valence-electron chi connectivity index (χ4n) is 2.82. The number of nitro benzene ring substituents is 1. The smallest absolute Gasteiger partial charge is 0.274 e. The number of aliphatic hydroxyl groups is 1. The van der Waals surface area contributed by atoms with Crippen molar-refractivity contribution < 1.29 is 14.4 Å². The fourth-order valence-corrected chi connectivity index (χ4v) is 2.82. The Labute approximate surface area is 117 Å². The molecule has 1 aromatic rings. The number of nitrogens with zero attached hydrogens (tertiary/aromatic N) is 1. The highest BCUT2D eigenvalue weighted by Crippen LogP contribution is 2.30. The van der Waals surface area contributed by atoms with Crippen LogP contribution in [0.2, 0.25) is 0 Å².